The van der Waals surface area contributed by atoms with Crippen LogP contribution in [0.4, 0.5) is 5.95 Å². The maximum absolute atomic E-state index is 12.7. The third-order valence-corrected chi connectivity index (χ3v) is 5.15. The van der Waals surface area contributed by atoms with Crippen molar-refractivity contribution in [2.75, 3.05) is 25.1 Å². The van der Waals surface area contributed by atoms with Gasteiger partial charge in [-0.05, 0) is 24.8 Å². The van der Waals surface area contributed by atoms with Gasteiger partial charge in [-0.25, -0.2) is 15.0 Å². The number of nitrogens with zero attached hydrogens (tertiary/aromatic N) is 6. The van der Waals surface area contributed by atoms with Crippen LogP contribution in [0.15, 0.2) is 36.9 Å². The van der Waals surface area contributed by atoms with Crippen molar-refractivity contribution in [2.45, 2.75) is 25.8 Å². The van der Waals surface area contributed by atoms with Gasteiger partial charge in [0.25, 0.3) is 5.91 Å². The predicted octanol–water partition coefficient (Wildman–Crippen LogP) is 1.56. The Kier molecular flexibility index (Phi) is 5.05. The van der Waals surface area contributed by atoms with Gasteiger partial charge in [-0.2, -0.15) is 4.98 Å². The SMILES string of the molecule is CC[C@@H]1CN(c2nccc(OC)n2)CC[C@@H]1NC(=O)c1cn2cccnc2n1. The van der Waals surface area contributed by atoms with Gasteiger partial charge < -0.3 is 15.0 Å². The number of imidazole rings is 1. The van der Waals surface area contributed by atoms with E-state index in [0.29, 0.717) is 29.2 Å². The lowest BCUT2D eigenvalue weighted by atomic mass is 9.90. The second-order valence-corrected chi connectivity index (χ2v) is 6.84. The van der Waals surface area contributed by atoms with Crippen molar-refractivity contribution in [3.05, 3.63) is 42.6 Å². The summed E-state index contributed by atoms with van der Waals surface area (Å²) in [6.07, 6.45) is 8.65. The number of anilines is 1. The molecule has 3 aromatic heterocycles. The molecule has 1 saturated heterocycles. The molecule has 1 fully saturated rings. The summed E-state index contributed by atoms with van der Waals surface area (Å²) in [5.41, 5.74) is 0.382. The minimum absolute atomic E-state index is 0.0807. The molecule has 0 unspecified atom stereocenters. The fraction of sp³-hybridized carbons (Fsp3) is 0.421. The van der Waals surface area contributed by atoms with Crippen molar-refractivity contribution in [3.63, 3.8) is 0 Å². The molecule has 1 N–H and O–H groups in total. The van der Waals surface area contributed by atoms with Crippen LogP contribution in [-0.4, -0.2) is 56.5 Å². The normalized spacial score (nSPS) is 19.6. The highest BCUT2D eigenvalue weighted by Gasteiger charge is 2.31. The van der Waals surface area contributed by atoms with Crippen LogP contribution < -0.4 is 15.0 Å². The van der Waals surface area contributed by atoms with Crippen LogP contribution in [0.2, 0.25) is 0 Å². The third kappa shape index (κ3) is 3.60. The standard InChI is InChI=1S/C19H23N7O2/c1-3-13-11-26(19-21-8-5-16(24-19)28-2)10-6-14(13)22-17(27)15-12-25-9-4-7-20-18(25)23-15/h4-5,7-9,12-14H,3,6,10-11H2,1-2H3,(H,22,27)/t13-,14+/m1/s1. The van der Waals surface area contributed by atoms with E-state index >= 15 is 0 Å². The Morgan fingerprint density at radius 2 is 2.21 bits per heavy atom. The van der Waals surface area contributed by atoms with Crippen LogP contribution in [0.5, 0.6) is 5.88 Å². The Morgan fingerprint density at radius 3 is 3.00 bits per heavy atom. The Balaban J connectivity index is 1.44. The largest absolute Gasteiger partial charge is 0.481 e. The summed E-state index contributed by atoms with van der Waals surface area (Å²) in [4.78, 5) is 32.1. The lowest BCUT2D eigenvalue weighted by Crippen LogP contribution is -2.51. The molecule has 28 heavy (non-hydrogen) atoms. The van der Waals surface area contributed by atoms with Crippen LogP contribution in [-0.2, 0) is 0 Å². The summed E-state index contributed by atoms with van der Waals surface area (Å²) in [5, 5.41) is 3.16. The molecule has 4 rings (SSSR count). The van der Waals surface area contributed by atoms with Crippen molar-refractivity contribution in [1.82, 2.24) is 29.7 Å². The number of fused-ring (bicyclic) bond motifs is 1. The topological polar surface area (TPSA) is 97.5 Å². The Morgan fingerprint density at radius 1 is 1.32 bits per heavy atom. The minimum Gasteiger partial charge on any atom is -0.481 e. The molecule has 9 heteroatoms. The first-order chi connectivity index (χ1) is 13.7. The smallest absolute Gasteiger partial charge is 0.271 e. The molecule has 1 amide bonds. The summed E-state index contributed by atoms with van der Waals surface area (Å²) < 4.78 is 6.94. The van der Waals surface area contributed by atoms with Crippen LogP contribution in [0.3, 0.4) is 0 Å². The zero-order valence-electron chi connectivity index (χ0n) is 15.9. The van der Waals surface area contributed by atoms with E-state index in [2.05, 4.69) is 37.1 Å². The molecule has 1 aliphatic heterocycles. The van der Waals surface area contributed by atoms with Gasteiger partial charge in [0, 0.05) is 50.0 Å². The van der Waals surface area contributed by atoms with Crippen LogP contribution in [0.1, 0.15) is 30.3 Å². The number of nitrogens with one attached hydrogen (secondary N) is 1. The third-order valence-electron chi connectivity index (χ3n) is 5.15. The predicted molar refractivity (Wildman–Crippen MR) is 103 cm³/mol. The number of piperidine rings is 1. The number of amides is 1. The first-order valence-electron chi connectivity index (χ1n) is 9.40. The lowest BCUT2D eigenvalue weighted by molar-refractivity contribution is 0.0908. The van der Waals surface area contributed by atoms with Gasteiger partial charge in [0.05, 0.1) is 7.11 Å². The number of methoxy groups -OCH3 is 1. The first kappa shape index (κ1) is 18.1. The molecule has 146 valence electrons. The zero-order valence-corrected chi connectivity index (χ0v) is 15.9. The van der Waals surface area contributed by atoms with Crippen molar-refractivity contribution < 1.29 is 9.53 Å². The minimum atomic E-state index is -0.167. The van der Waals surface area contributed by atoms with Gasteiger partial charge in [-0.3, -0.25) is 9.20 Å². The average molecular weight is 381 g/mol. The van der Waals surface area contributed by atoms with Crippen molar-refractivity contribution in [3.8, 4) is 5.88 Å². The summed E-state index contributed by atoms with van der Waals surface area (Å²) in [6.45, 7) is 3.68. The molecule has 4 heterocycles. The lowest BCUT2D eigenvalue weighted by Gasteiger charge is -2.38. The molecule has 0 radical (unpaired) electrons. The highest BCUT2D eigenvalue weighted by molar-refractivity contribution is 5.93. The number of aromatic nitrogens is 5. The van der Waals surface area contributed by atoms with E-state index in [1.807, 2.05) is 6.20 Å². The summed E-state index contributed by atoms with van der Waals surface area (Å²) >= 11 is 0. The number of hydrogen-bond acceptors (Lipinski definition) is 7. The highest BCUT2D eigenvalue weighted by atomic mass is 16.5. The van der Waals surface area contributed by atoms with Gasteiger partial charge in [0.1, 0.15) is 5.69 Å². The average Bonchev–Trinajstić information content (AvgIpc) is 3.18. The molecular weight excluding hydrogens is 358 g/mol. The number of ether oxygens (including phenoxy) is 1. The number of hydrogen-bond donors (Lipinski definition) is 1. The second kappa shape index (κ2) is 7.79. The summed E-state index contributed by atoms with van der Waals surface area (Å²) in [5.74, 6) is 1.86. The Bertz CT molecular complexity index is 941. The number of carbonyl (C=O) groups is 1. The van der Waals surface area contributed by atoms with E-state index in [9.17, 15) is 4.79 Å². The van der Waals surface area contributed by atoms with Crippen molar-refractivity contribution in [2.24, 2.45) is 5.92 Å². The van der Waals surface area contributed by atoms with Gasteiger partial charge >= 0.3 is 0 Å². The van der Waals surface area contributed by atoms with Gasteiger partial charge in [-0.15, -0.1) is 0 Å². The van der Waals surface area contributed by atoms with E-state index in [1.54, 1.807) is 42.2 Å². The van der Waals surface area contributed by atoms with Crippen LogP contribution >= 0.6 is 0 Å². The summed E-state index contributed by atoms with van der Waals surface area (Å²) in [7, 11) is 1.59. The molecule has 3 aromatic rings. The van der Waals surface area contributed by atoms with E-state index < -0.39 is 0 Å². The van der Waals surface area contributed by atoms with E-state index in [1.165, 1.54) is 0 Å². The molecule has 9 nitrogen and oxygen atoms in total. The monoisotopic (exact) mass is 381 g/mol. The quantitative estimate of drug-likeness (QED) is 0.716. The molecule has 0 aromatic carbocycles. The van der Waals surface area contributed by atoms with Gasteiger partial charge in [0.2, 0.25) is 17.6 Å². The molecule has 0 saturated carbocycles. The first-order valence-corrected chi connectivity index (χ1v) is 9.40. The Labute approximate surface area is 162 Å². The second-order valence-electron chi connectivity index (χ2n) is 6.84. The van der Waals surface area contributed by atoms with Crippen LogP contribution in [0.25, 0.3) is 5.78 Å². The molecule has 2 atom stereocenters. The van der Waals surface area contributed by atoms with Crippen molar-refractivity contribution in [1.29, 1.82) is 0 Å². The highest BCUT2D eigenvalue weighted by Crippen LogP contribution is 2.24. The maximum atomic E-state index is 12.7. The van der Waals surface area contributed by atoms with Gasteiger partial charge in [-0.1, -0.05) is 6.92 Å². The van der Waals surface area contributed by atoms with Crippen molar-refractivity contribution >= 4 is 17.6 Å². The number of rotatable bonds is 5. The maximum Gasteiger partial charge on any atom is 0.271 e. The molecule has 0 bridgehead atoms. The van der Waals surface area contributed by atoms with Crippen LogP contribution in [0, 0.1) is 5.92 Å². The Hall–Kier alpha value is -3.23. The molecule has 0 aliphatic carbocycles. The van der Waals surface area contributed by atoms with Gasteiger partial charge in [0.15, 0.2) is 0 Å². The fourth-order valence-electron chi connectivity index (χ4n) is 3.60. The van der Waals surface area contributed by atoms with E-state index in [0.717, 1.165) is 25.9 Å². The molecule has 1 aliphatic rings. The summed E-state index contributed by atoms with van der Waals surface area (Å²) in [6, 6.07) is 3.62. The number of carbonyl (C=O) groups excluding carboxylic acids is 1. The molecule has 0 spiro atoms. The fourth-order valence-corrected chi connectivity index (χ4v) is 3.60. The zero-order chi connectivity index (χ0) is 19.5. The molecular formula is C19H23N7O2. The van der Waals surface area contributed by atoms with E-state index in [4.69, 9.17) is 4.74 Å². The van der Waals surface area contributed by atoms with E-state index in [-0.39, 0.29) is 11.9 Å².